The summed E-state index contributed by atoms with van der Waals surface area (Å²) in [7, 11) is 1.79. The molecule has 1 aromatic rings. The van der Waals surface area contributed by atoms with Crippen molar-refractivity contribution < 1.29 is 9.26 Å². The highest BCUT2D eigenvalue weighted by molar-refractivity contribution is 4.95. The Kier molecular flexibility index (Phi) is 3.75. The number of aromatic nitrogens is 1. The lowest BCUT2D eigenvalue weighted by Gasteiger charge is -2.30. The predicted molar refractivity (Wildman–Crippen MR) is 56.4 cm³/mol. The molecule has 0 aliphatic heterocycles. The van der Waals surface area contributed by atoms with Crippen LogP contribution in [0.2, 0.25) is 0 Å². The van der Waals surface area contributed by atoms with Crippen molar-refractivity contribution in [2.24, 2.45) is 0 Å². The Morgan fingerprint density at radius 3 is 3.13 bits per heavy atom. The highest BCUT2D eigenvalue weighted by Gasteiger charge is 2.24. The van der Waals surface area contributed by atoms with E-state index >= 15 is 0 Å². The first kappa shape index (κ1) is 10.6. The van der Waals surface area contributed by atoms with Crippen LogP contribution in [0.4, 0.5) is 0 Å². The third-order valence-electron chi connectivity index (χ3n) is 3.04. The van der Waals surface area contributed by atoms with Gasteiger partial charge in [-0.1, -0.05) is 18.0 Å². The molecule has 1 fully saturated rings. The Morgan fingerprint density at radius 1 is 1.53 bits per heavy atom. The van der Waals surface area contributed by atoms with E-state index in [2.05, 4.69) is 10.5 Å². The zero-order valence-corrected chi connectivity index (χ0v) is 9.11. The molecule has 15 heavy (non-hydrogen) atoms. The quantitative estimate of drug-likeness (QED) is 0.822. The van der Waals surface area contributed by atoms with Crippen LogP contribution in [0.3, 0.4) is 0 Å². The molecule has 0 aromatic carbocycles. The average Bonchev–Trinajstić information content (AvgIpc) is 2.79. The third kappa shape index (κ3) is 2.79. The second-order valence-electron chi connectivity index (χ2n) is 4.04. The molecule has 0 radical (unpaired) electrons. The van der Waals surface area contributed by atoms with Crippen molar-refractivity contribution in [3.05, 3.63) is 18.0 Å². The minimum absolute atomic E-state index is 0.352. The molecule has 1 aliphatic rings. The molecule has 0 amide bonds. The molecular weight excluding hydrogens is 192 g/mol. The van der Waals surface area contributed by atoms with Gasteiger partial charge in [-0.2, -0.15) is 0 Å². The van der Waals surface area contributed by atoms with Gasteiger partial charge in [-0.25, -0.2) is 0 Å². The van der Waals surface area contributed by atoms with E-state index < -0.39 is 0 Å². The summed E-state index contributed by atoms with van der Waals surface area (Å²) < 4.78 is 10.3. The van der Waals surface area contributed by atoms with Crippen molar-refractivity contribution >= 4 is 0 Å². The summed E-state index contributed by atoms with van der Waals surface area (Å²) in [5.41, 5.74) is 0.954. The van der Waals surface area contributed by atoms with Crippen molar-refractivity contribution in [2.75, 3.05) is 7.11 Å². The van der Waals surface area contributed by atoms with Crippen molar-refractivity contribution in [3.8, 4) is 0 Å². The molecule has 0 bridgehead atoms. The van der Waals surface area contributed by atoms with Crippen LogP contribution < -0.4 is 5.32 Å². The lowest BCUT2D eigenvalue weighted by atomic mass is 9.92. The molecule has 1 saturated carbocycles. The highest BCUT2D eigenvalue weighted by Crippen LogP contribution is 2.20. The van der Waals surface area contributed by atoms with E-state index in [1.807, 2.05) is 6.07 Å². The van der Waals surface area contributed by atoms with Crippen LogP contribution >= 0.6 is 0 Å². The summed E-state index contributed by atoms with van der Waals surface area (Å²) in [5, 5.41) is 7.35. The minimum Gasteiger partial charge on any atom is -0.380 e. The molecule has 2 unspecified atom stereocenters. The summed E-state index contributed by atoms with van der Waals surface area (Å²) >= 11 is 0. The van der Waals surface area contributed by atoms with Crippen molar-refractivity contribution in [1.29, 1.82) is 0 Å². The van der Waals surface area contributed by atoms with Gasteiger partial charge in [0.15, 0.2) is 0 Å². The first-order valence-electron chi connectivity index (χ1n) is 5.55. The lowest BCUT2D eigenvalue weighted by Crippen LogP contribution is -2.42. The molecule has 1 aromatic heterocycles. The minimum atomic E-state index is 0.352. The summed E-state index contributed by atoms with van der Waals surface area (Å²) in [4.78, 5) is 0. The van der Waals surface area contributed by atoms with Gasteiger partial charge < -0.3 is 14.6 Å². The molecule has 84 valence electrons. The van der Waals surface area contributed by atoms with E-state index in [4.69, 9.17) is 9.26 Å². The zero-order valence-electron chi connectivity index (χ0n) is 9.11. The number of nitrogens with one attached hydrogen (secondary N) is 1. The van der Waals surface area contributed by atoms with E-state index in [1.54, 1.807) is 13.4 Å². The second kappa shape index (κ2) is 5.28. The van der Waals surface area contributed by atoms with Gasteiger partial charge in [0.2, 0.25) is 0 Å². The number of rotatable bonds is 4. The second-order valence-corrected chi connectivity index (χ2v) is 4.04. The number of hydrogen-bond acceptors (Lipinski definition) is 4. The Balaban J connectivity index is 1.81. The smallest absolute Gasteiger partial charge is 0.124 e. The number of ether oxygens (including phenoxy) is 1. The van der Waals surface area contributed by atoms with Crippen LogP contribution in [0, 0.1) is 0 Å². The molecule has 0 saturated heterocycles. The van der Waals surface area contributed by atoms with Crippen LogP contribution in [0.1, 0.15) is 31.4 Å². The van der Waals surface area contributed by atoms with Crippen LogP contribution in [0.5, 0.6) is 0 Å². The molecule has 1 N–H and O–H groups in total. The predicted octanol–water partition coefficient (Wildman–Crippen LogP) is 1.72. The number of methoxy groups -OCH3 is 1. The number of nitrogens with zero attached hydrogens (tertiary/aromatic N) is 1. The van der Waals surface area contributed by atoms with Gasteiger partial charge in [0.1, 0.15) is 6.26 Å². The average molecular weight is 210 g/mol. The zero-order chi connectivity index (χ0) is 10.5. The standard InChI is InChI=1S/C11H18N2O2/c1-14-11-5-3-2-4-10(11)12-8-9-6-7-15-13-9/h6-7,10-12H,2-5,8H2,1H3. The molecular formula is C11H18N2O2. The summed E-state index contributed by atoms with van der Waals surface area (Å²) in [6, 6.07) is 2.35. The van der Waals surface area contributed by atoms with Gasteiger partial charge in [-0.05, 0) is 12.8 Å². The molecule has 2 atom stereocenters. The molecule has 4 heteroatoms. The van der Waals surface area contributed by atoms with Gasteiger partial charge in [-0.3, -0.25) is 0 Å². The maximum absolute atomic E-state index is 5.47. The SMILES string of the molecule is COC1CCCCC1NCc1ccon1. The Labute approximate surface area is 90.0 Å². The Morgan fingerprint density at radius 2 is 2.40 bits per heavy atom. The van der Waals surface area contributed by atoms with Gasteiger partial charge in [0, 0.05) is 25.8 Å². The normalized spacial score (nSPS) is 26.7. The fraction of sp³-hybridized carbons (Fsp3) is 0.727. The maximum Gasteiger partial charge on any atom is 0.124 e. The molecule has 1 aliphatic carbocycles. The van der Waals surface area contributed by atoms with Gasteiger partial charge >= 0.3 is 0 Å². The van der Waals surface area contributed by atoms with Crippen LogP contribution in [0.15, 0.2) is 16.9 Å². The van der Waals surface area contributed by atoms with Crippen LogP contribution in [-0.2, 0) is 11.3 Å². The maximum atomic E-state index is 5.47. The first-order valence-corrected chi connectivity index (χ1v) is 5.55. The molecule has 1 heterocycles. The van der Waals surface area contributed by atoms with Crippen molar-refractivity contribution in [2.45, 2.75) is 44.4 Å². The highest BCUT2D eigenvalue weighted by atomic mass is 16.5. The first-order chi connectivity index (χ1) is 7.40. The van der Waals surface area contributed by atoms with Gasteiger partial charge in [0.25, 0.3) is 0 Å². The summed E-state index contributed by atoms with van der Waals surface area (Å²) in [6.45, 7) is 0.765. The molecule has 4 nitrogen and oxygen atoms in total. The summed E-state index contributed by atoms with van der Waals surface area (Å²) in [6.07, 6.45) is 6.87. The Hall–Kier alpha value is -0.870. The van der Waals surface area contributed by atoms with Gasteiger partial charge in [0.05, 0.1) is 11.8 Å². The Bertz CT molecular complexity index is 274. The van der Waals surface area contributed by atoms with E-state index in [0.717, 1.165) is 18.7 Å². The van der Waals surface area contributed by atoms with Gasteiger partial charge in [-0.15, -0.1) is 0 Å². The number of hydrogen-bond donors (Lipinski definition) is 1. The van der Waals surface area contributed by atoms with Crippen molar-refractivity contribution in [3.63, 3.8) is 0 Å². The van der Waals surface area contributed by atoms with Crippen LogP contribution in [-0.4, -0.2) is 24.4 Å². The van der Waals surface area contributed by atoms with E-state index in [-0.39, 0.29) is 0 Å². The largest absolute Gasteiger partial charge is 0.380 e. The topological polar surface area (TPSA) is 47.3 Å². The third-order valence-corrected chi connectivity index (χ3v) is 3.04. The fourth-order valence-corrected chi connectivity index (χ4v) is 2.18. The molecule has 0 spiro atoms. The summed E-state index contributed by atoms with van der Waals surface area (Å²) in [5.74, 6) is 0. The van der Waals surface area contributed by atoms with E-state index in [1.165, 1.54) is 19.3 Å². The van der Waals surface area contributed by atoms with Crippen molar-refractivity contribution in [1.82, 2.24) is 10.5 Å². The molecule has 2 rings (SSSR count). The lowest BCUT2D eigenvalue weighted by molar-refractivity contribution is 0.0411. The van der Waals surface area contributed by atoms with E-state index in [0.29, 0.717) is 12.1 Å². The van der Waals surface area contributed by atoms with E-state index in [9.17, 15) is 0 Å². The fourth-order valence-electron chi connectivity index (χ4n) is 2.18. The monoisotopic (exact) mass is 210 g/mol. The van der Waals surface area contributed by atoms with Crippen LogP contribution in [0.25, 0.3) is 0 Å².